The van der Waals surface area contributed by atoms with Crippen LogP contribution >= 0.6 is 0 Å². The Morgan fingerprint density at radius 2 is 1.95 bits per heavy atom. The first kappa shape index (κ1) is 15.6. The van der Waals surface area contributed by atoms with Crippen LogP contribution in [0.2, 0.25) is 0 Å². The lowest BCUT2D eigenvalue weighted by Gasteiger charge is -2.06. The van der Waals surface area contributed by atoms with Gasteiger partial charge in [-0.05, 0) is 30.2 Å². The first-order valence-corrected chi connectivity index (χ1v) is 7.40. The molecule has 1 N–H and O–H groups in total. The van der Waals surface area contributed by atoms with Gasteiger partial charge in [0.2, 0.25) is 0 Å². The number of hydrogen-bond acceptors (Lipinski definition) is 3. The SMILES string of the molecule is COCCNCc1ccn(CCCOc2ccccc2)c1. The van der Waals surface area contributed by atoms with E-state index in [9.17, 15) is 0 Å². The van der Waals surface area contributed by atoms with Crippen LogP contribution in [0.4, 0.5) is 0 Å². The summed E-state index contributed by atoms with van der Waals surface area (Å²) in [6.45, 7) is 4.23. The van der Waals surface area contributed by atoms with Gasteiger partial charge in [0.25, 0.3) is 0 Å². The number of aryl methyl sites for hydroxylation is 1. The Bertz CT molecular complexity index is 497. The van der Waals surface area contributed by atoms with E-state index in [1.165, 1.54) is 5.56 Å². The summed E-state index contributed by atoms with van der Waals surface area (Å²) in [6.07, 6.45) is 5.30. The van der Waals surface area contributed by atoms with Gasteiger partial charge in [0.15, 0.2) is 0 Å². The first-order valence-electron chi connectivity index (χ1n) is 7.40. The third kappa shape index (κ3) is 6.02. The van der Waals surface area contributed by atoms with Crippen molar-refractivity contribution >= 4 is 0 Å². The molecule has 0 bridgehead atoms. The van der Waals surface area contributed by atoms with Gasteiger partial charge in [-0.1, -0.05) is 18.2 Å². The summed E-state index contributed by atoms with van der Waals surface area (Å²) in [5, 5.41) is 3.34. The molecule has 0 aliphatic heterocycles. The maximum atomic E-state index is 5.69. The molecule has 0 aliphatic carbocycles. The van der Waals surface area contributed by atoms with E-state index >= 15 is 0 Å². The predicted molar refractivity (Wildman–Crippen MR) is 84.6 cm³/mol. The van der Waals surface area contributed by atoms with Crippen molar-refractivity contribution in [3.63, 3.8) is 0 Å². The van der Waals surface area contributed by atoms with Crippen LogP contribution in [0.5, 0.6) is 5.75 Å². The lowest BCUT2D eigenvalue weighted by Crippen LogP contribution is -2.18. The molecular weight excluding hydrogens is 264 g/mol. The number of aromatic nitrogens is 1. The number of nitrogens with zero attached hydrogens (tertiary/aromatic N) is 1. The van der Waals surface area contributed by atoms with Crippen LogP contribution in [0.15, 0.2) is 48.8 Å². The van der Waals surface area contributed by atoms with Gasteiger partial charge >= 0.3 is 0 Å². The molecule has 4 heteroatoms. The quantitative estimate of drug-likeness (QED) is 0.683. The third-order valence-corrected chi connectivity index (χ3v) is 3.20. The lowest BCUT2D eigenvalue weighted by molar-refractivity contribution is 0.199. The second-order valence-corrected chi connectivity index (χ2v) is 4.94. The van der Waals surface area contributed by atoms with Crippen molar-refractivity contribution in [2.75, 3.05) is 26.9 Å². The highest BCUT2D eigenvalue weighted by Crippen LogP contribution is 2.09. The summed E-state index contributed by atoms with van der Waals surface area (Å²) < 4.78 is 12.9. The Hall–Kier alpha value is -1.78. The van der Waals surface area contributed by atoms with Gasteiger partial charge in [-0.15, -0.1) is 0 Å². The third-order valence-electron chi connectivity index (χ3n) is 3.20. The topological polar surface area (TPSA) is 35.4 Å². The average molecular weight is 288 g/mol. The van der Waals surface area contributed by atoms with Gasteiger partial charge in [-0.3, -0.25) is 0 Å². The molecule has 0 amide bonds. The molecule has 0 spiro atoms. The number of methoxy groups -OCH3 is 1. The second kappa shape index (κ2) is 9.21. The zero-order chi connectivity index (χ0) is 14.8. The maximum Gasteiger partial charge on any atom is 0.119 e. The molecule has 0 atom stereocenters. The number of ether oxygens (including phenoxy) is 2. The van der Waals surface area contributed by atoms with Crippen LogP contribution in [0.1, 0.15) is 12.0 Å². The van der Waals surface area contributed by atoms with E-state index in [2.05, 4.69) is 28.3 Å². The van der Waals surface area contributed by atoms with E-state index in [1.54, 1.807) is 7.11 Å². The predicted octanol–water partition coefficient (Wildman–Crippen LogP) is 2.69. The molecule has 21 heavy (non-hydrogen) atoms. The lowest BCUT2D eigenvalue weighted by atomic mass is 10.3. The number of para-hydroxylation sites is 1. The number of nitrogens with one attached hydrogen (secondary N) is 1. The Morgan fingerprint density at radius 3 is 2.76 bits per heavy atom. The van der Waals surface area contributed by atoms with Gasteiger partial charge in [0.1, 0.15) is 5.75 Å². The van der Waals surface area contributed by atoms with Crippen LogP contribution < -0.4 is 10.1 Å². The van der Waals surface area contributed by atoms with E-state index < -0.39 is 0 Å². The minimum absolute atomic E-state index is 0.740. The minimum atomic E-state index is 0.740. The molecule has 0 radical (unpaired) electrons. The van der Waals surface area contributed by atoms with Crippen LogP contribution in [0.3, 0.4) is 0 Å². The van der Waals surface area contributed by atoms with Gasteiger partial charge in [-0.25, -0.2) is 0 Å². The minimum Gasteiger partial charge on any atom is -0.494 e. The Morgan fingerprint density at radius 1 is 1.10 bits per heavy atom. The van der Waals surface area contributed by atoms with Crippen molar-refractivity contribution in [1.82, 2.24) is 9.88 Å². The smallest absolute Gasteiger partial charge is 0.119 e. The van der Waals surface area contributed by atoms with E-state index in [4.69, 9.17) is 9.47 Å². The summed E-state index contributed by atoms with van der Waals surface area (Å²) in [6, 6.07) is 12.1. The van der Waals surface area contributed by atoms with Crippen molar-refractivity contribution in [1.29, 1.82) is 0 Å². The first-order chi connectivity index (χ1) is 10.4. The molecule has 2 aromatic rings. The normalized spacial score (nSPS) is 10.7. The fourth-order valence-electron chi connectivity index (χ4n) is 2.10. The largest absolute Gasteiger partial charge is 0.494 e. The van der Waals surface area contributed by atoms with Gasteiger partial charge < -0.3 is 19.4 Å². The van der Waals surface area contributed by atoms with Crippen molar-refractivity contribution in [3.8, 4) is 5.75 Å². The van der Waals surface area contributed by atoms with E-state index in [0.29, 0.717) is 0 Å². The molecule has 2 rings (SSSR count). The Labute approximate surface area is 126 Å². The van der Waals surface area contributed by atoms with Gasteiger partial charge in [0, 0.05) is 39.1 Å². The van der Waals surface area contributed by atoms with Gasteiger partial charge in [0.05, 0.1) is 13.2 Å². The van der Waals surface area contributed by atoms with Gasteiger partial charge in [-0.2, -0.15) is 0 Å². The van der Waals surface area contributed by atoms with E-state index in [1.807, 2.05) is 30.3 Å². The fourth-order valence-corrected chi connectivity index (χ4v) is 2.10. The van der Waals surface area contributed by atoms with Crippen molar-refractivity contribution < 1.29 is 9.47 Å². The number of hydrogen-bond donors (Lipinski definition) is 1. The van der Waals surface area contributed by atoms with E-state index in [0.717, 1.165) is 45.0 Å². The molecule has 0 saturated carbocycles. The summed E-state index contributed by atoms with van der Waals surface area (Å²) in [4.78, 5) is 0. The molecular formula is C17H24N2O2. The highest BCUT2D eigenvalue weighted by Gasteiger charge is 1.98. The fraction of sp³-hybridized carbons (Fsp3) is 0.412. The Balaban J connectivity index is 1.61. The molecule has 1 aromatic heterocycles. The Kier molecular flexibility index (Phi) is 6.84. The maximum absolute atomic E-state index is 5.69. The number of benzene rings is 1. The second-order valence-electron chi connectivity index (χ2n) is 4.94. The standard InChI is InChI=1S/C17H24N2O2/c1-20-13-9-18-14-16-8-11-19(15-16)10-5-12-21-17-6-3-2-4-7-17/h2-4,6-8,11,15,18H,5,9-10,12-14H2,1H3. The molecule has 1 heterocycles. The zero-order valence-corrected chi connectivity index (χ0v) is 12.6. The summed E-state index contributed by atoms with van der Waals surface area (Å²) in [5.74, 6) is 0.938. The van der Waals surface area contributed by atoms with Crippen LogP contribution in [0.25, 0.3) is 0 Å². The van der Waals surface area contributed by atoms with Crippen molar-refractivity contribution in [2.45, 2.75) is 19.5 Å². The molecule has 114 valence electrons. The molecule has 1 aromatic carbocycles. The number of rotatable bonds is 10. The van der Waals surface area contributed by atoms with Crippen LogP contribution in [-0.4, -0.2) is 31.4 Å². The molecule has 4 nitrogen and oxygen atoms in total. The highest BCUT2D eigenvalue weighted by atomic mass is 16.5. The molecule has 0 aliphatic rings. The highest BCUT2D eigenvalue weighted by molar-refractivity contribution is 5.20. The monoisotopic (exact) mass is 288 g/mol. The van der Waals surface area contributed by atoms with Crippen LogP contribution in [-0.2, 0) is 17.8 Å². The van der Waals surface area contributed by atoms with Crippen molar-refractivity contribution in [3.05, 3.63) is 54.4 Å². The molecule has 0 saturated heterocycles. The van der Waals surface area contributed by atoms with E-state index in [-0.39, 0.29) is 0 Å². The summed E-state index contributed by atoms with van der Waals surface area (Å²) >= 11 is 0. The van der Waals surface area contributed by atoms with Crippen LogP contribution in [0, 0.1) is 0 Å². The summed E-state index contributed by atoms with van der Waals surface area (Å²) in [7, 11) is 1.72. The molecule has 0 unspecified atom stereocenters. The molecule has 0 fully saturated rings. The van der Waals surface area contributed by atoms with Crippen molar-refractivity contribution in [2.24, 2.45) is 0 Å². The zero-order valence-electron chi connectivity index (χ0n) is 12.6. The average Bonchev–Trinajstić information content (AvgIpc) is 2.97. The summed E-state index contributed by atoms with van der Waals surface area (Å²) in [5.41, 5.74) is 1.30.